The van der Waals surface area contributed by atoms with Gasteiger partial charge >= 0.3 is 11.9 Å². The normalized spacial score (nSPS) is 30.1. The zero-order chi connectivity index (χ0) is 19.8. The van der Waals surface area contributed by atoms with Crippen LogP contribution in [-0.2, 0) is 28.5 Å². The molecular formula is C18H19NO9. The quantitative estimate of drug-likeness (QED) is 0.712. The van der Waals surface area contributed by atoms with Crippen LogP contribution in [-0.4, -0.2) is 67.0 Å². The minimum Gasteiger partial charge on any atom is -0.466 e. The average Bonchev–Trinajstić information content (AvgIpc) is 3.28. The van der Waals surface area contributed by atoms with E-state index in [-0.39, 0.29) is 19.3 Å². The molecule has 1 aromatic carbocycles. The van der Waals surface area contributed by atoms with E-state index in [1.807, 2.05) is 0 Å². The van der Waals surface area contributed by atoms with Gasteiger partial charge in [-0.25, -0.2) is 4.99 Å². The third kappa shape index (κ3) is 3.48. The van der Waals surface area contributed by atoms with Crippen LogP contribution >= 0.6 is 0 Å². The van der Waals surface area contributed by atoms with E-state index in [0.29, 0.717) is 17.1 Å². The molecule has 1 N–H and O–H groups in total. The number of hydrogen-bond donors (Lipinski definition) is 1. The third-order valence-electron chi connectivity index (χ3n) is 4.50. The molecule has 1 aromatic rings. The fourth-order valence-electron chi connectivity index (χ4n) is 3.26. The smallest absolute Gasteiger partial charge is 0.303 e. The molecule has 10 heteroatoms. The van der Waals surface area contributed by atoms with E-state index in [1.54, 1.807) is 18.2 Å². The second-order valence-corrected chi connectivity index (χ2v) is 6.52. The molecule has 3 aliphatic heterocycles. The van der Waals surface area contributed by atoms with Crippen LogP contribution < -0.4 is 9.47 Å². The van der Waals surface area contributed by atoms with Crippen molar-refractivity contribution in [1.29, 1.82) is 0 Å². The number of esters is 2. The van der Waals surface area contributed by atoms with Crippen molar-refractivity contribution in [3.8, 4) is 11.5 Å². The first kappa shape index (κ1) is 18.5. The number of rotatable bonds is 4. The fourth-order valence-corrected chi connectivity index (χ4v) is 3.26. The average molecular weight is 393 g/mol. The molecule has 0 spiro atoms. The van der Waals surface area contributed by atoms with Gasteiger partial charge in [-0.1, -0.05) is 0 Å². The van der Waals surface area contributed by atoms with E-state index in [4.69, 9.17) is 28.4 Å². The summed E-state index contributed by atoms with van der Waals surface area (Å²) in [4.78, 5) is 26.9. The van der Waals surface area contributed by atoms with Crippen LogP contribution in [0.3, 0.4) is 0 Å². The van der Waals surface area contributed by atoms with Gasteiger partial charge in [0.05, 0.1) is 0 Å². The van der Waals surface area contributed by atoms with Crippen molar-refractivity contribution in [3.63, 3.8) is 0 Å². The maximum atomic E-state index is 11.4. The molecule has 28 heavy (non-hydrogen) atoms. The summed E-state index contributed by atoms with van der Waals surface area (Å²) in [5, 5.41) is 10.7. The van der Waals surface area contributed by atoms with E-state index >= 15 is 0 Å². The number of aliphatic imine (C=N–C) groups is 1. The molecule has 0 bridgehead atoms. The standard InChI is InChI=1S/C18H19NO9/c1-8(20)23-6-13-15(26-9(2)21)14(22)16-18(27-13)19-17(28-16)10-3-4-11-12(5-10)25-7-24-11/h3-5,13-16,18,22H,6-7H2,1-2H3/t13-,14+,15-,16-,18+/m1/s1. The monoisotopic (exact) mass is 393 g/mol. The summed E-state index contributed by atoms with van der Waals surface area (Å²) in [6.45, 7) is 2.41. The lowest BCUT2D eigenvalue weighted by molar-refractivity contribution is -0.228. The lowest BCUT2D eigenvalue weighted by atomic mass is 9.98. The molecule has 1 saturated heterocycles. The van der Waals surface area contributed by atoms with Gasteiger partial charge in [0.2, 0.25) is 12.7 Å². The van der Waals surface area contributed by atoms with Crippen LogP contribution in [0.15, 0.2) is 23.2 Å². The minimum absolute atomic E-state index is 0.140. The number of aliphatic hydroxyl groups excluding tert-OH is 1. The second-order valence-electron chi connectivity index (χ2n) is 6.52. The number of carbonyl (C=O) groups is 2. The Balaban J connectivity index is 1.55. The molecule has 5 atom stereocenters. The number of ether oxygens (including phenoxy) is 6. The van der Waals surface area contributed by atoms with Crippen LogP contribution in [0.25, 0.3) is 0 Å². The van der Waals surface area contributed by atoms with Crippen molar-refractivity contribution in [2.24, 2.45) is 4.99 Å². The van der Waals surface area contributed by atoms with Crippen LogP contribution in [0.4, 0.5) is 0 Å². The SMILES string of the molecule is CC(=O)OC[C@H]1O[C@@H]2N=C(c3ccc4c(c3)OCO4)O[C@@H]2[C@@H](O)[C@@H]1OC(C)=O. The second kappa shape index (κ2) is 7.28. The third-order valence-corrected chi connectivity index (χ3v) is 4.50. The van der Waals surface area contributed by atoms with Gasteiger partial charge in [-0.05, 0) is 18.2 Å². The zero-order valence-corrected chi connectivity index (χ0v) is 15.2. The van der Waals surface area contributed by atoms with Crippen LogP contribution in [0.5, 0.6) is 11.5 Å². The first-order valence-electron chi connectivity index (χ1n) is 8.71. The summed E-state index contributed by atoms with van der Waals surface area (Å²) in [6.07, 6.45) is -4.89. The minimum atomic E-state index is -1.22. The number of carbonyl (C=O) groups excluding carboxylic acids is 2. The predicted octanol–water partition coefficient (Wildman–Crippen LogP) is 0.141. The molecule has 0 unspecified atom stereocenters. The molecule has 150 valence electrons. The number of nitrogens with zero attached hydrogens (tertiary/aromatic N) is 1. The van der Waals surface area contributed by atoms with Gasteiger partial charge in [0.1, 0.15) is 18.8 Å². The maximum Gasteiger partial charge on any atom is 0.303 e. The van der Waals surface area contributed by atoms with Gasteiger partial charge in [0.25, 0.3) is 0 Å². The van der Waals surface area contributed by atoms with Crippen molar-refractivity contribution in [2.75, 3.05) is 13.4 Å². The lowest BCUT2D eigenvalue weighted by Gasteiger charge is -2.39. The highest BCUT2D eigenvalue weighted by atomic mass is 16.7. The number of aliphatic hydroxyl groups is 1. The van der Waals surface area contributed by atoms with Crippen molar-refractivity contribution in [3.05, 3.63) is 23.8 Å². The number of benzene rings is 1. The summed E-state index contributed by atoms with van der Waals surface area (Å²) in [5.41, 5.74) is 0.620. The van der Waals surface area contributed by atoms with Crippen LogP contribution in [0, 0.1) is 0 Å². The van der Waals surface area contributed by atoms with E-state index in [9.17, 15) is 14.7 Å². The number of fused-ring (bicyclic) bond motifs is 2. The van der Waals surface area contributed by atoms with Gasteiger partial charge in [0, 0.05) is 19.4 Å². The van der Waals surface area contributed by atoms with E-state index in [1.165, 1.54) is 13.8 Å². The Hall–Kier alpha value is -2.85. The summed E-state index contributed by atoms with van der Waals surface area (Å²) >= 11 is 0. The molecule has 4 rings (SSSR count). The summed E-state index contributed by atoms with van der Waals surface area (Å²) in [6, 6.07) is 5.19. The summed E-state index contributed by atoms with van der Waals surface area (Å²) in [7, 11) is 0. The van der Waals surface area contributed by atoms with Gasteiger partial charge in [-0.2, -0.15) is 0 Å². The molecule has 0 aromatic heterocycles. The van der Waals surface area contributed by atoms with Gasteiger partial charge in [-0.15, -0.1) is 0 Å². The Morgan fingerprint density at radius 2 is 2.00 bits per heavy atom. The van der Waals surface area contributed by atoms with E-state index in [2.05, 4.69) is 4.99 Å². The maximum absolute atomic E-state index is 11.4. The van der Waals surface area contributed by atoms with Gasteiger partial charge in [-0.3, -0.25) is 9.59 Å². The highest BCUT2D eigenvalue weighted by molar-refractivity contribution is 5.96. The Labute approximate surface area is 159 Å². The van der Waals surface area contributed by atoms with Crippen molar-refractivity contribution < 1.29 is 43.1 Å². The molecule has 0 radical (unpaired) electrons. The van der Waals surface area contributed by atoms with E-state index < -0.39 is 42.6 Å². The van der Waals surface area contributed by atoms with E-state index in [0.717, 1.165) is 0 Å². The zero-order valence-electron chi connectivity index (χ0n) is 15.2. The van der Waals surface area contributed by atoms with Gasteiger partial charge < -0.3 is 33.5 Å². The highest BCUT2D eigenvalue weighted by Gasteiger charge is 2.52. The first-order chi connectivity index (χ1) is 13.4. The van der Waals surface area contributed by atoms with Crippen molar-refractivity contribution >= 4 is 17.8 Å². The van der Waals surface area contributed by atoms with Crippen LogP contribution in [0.2, 0.25) is 0 Å². The Bertz CT molecular complexity index is 823. The molecule has 10 nitrogen and oxygen atoms in total. The molecule has 0 aliphatic carbocycles. The molecule has 0 amide bonds. The Kier molecular flexibility index (Phi) is 4.82. The van der Waals surface area contributed by atoms with Gasteiger partial charge in [0.15, 0.2) is 29.9 Å². The fraction of sp³-hybridized carbons (Fsp3) is 0.500. The molecule has 0 saturated carbocycles. The van der Waals surface area contributed by atoms with Crippen LogP contribution in [0.1, 0.15) is 19.4 Å². The Morgan fingerprint density at radius 1 is 1.21 bits per heavy atom. The number of hydrogen-bond acceptors (Lipinski definition) is 10. The topological polar surface area (TPSA) is 122 Å². The lowest BCUT2D eigenvalue weighted by Crippen LogP contribution is -2.59. The summed E-state index contributed by atoms with van der Waals surface area (Å²) < 4.78 is 32.4. The molecule has 1 fully saturated rings. The first-order valence-corrected chi connectivity index (χ1v) is 8.71. The predicted molar refractivity (Wildman–Crippen MR) is 90.8 cm³/mol. The van der Waals surface area contributed by atoms with Crippen molar-refractivity contribution in [2.45, 2.75) is 44.5 Å². The summed E-state index contributed by atoms with van der Waals surface area (Å²) in [5.74, 6) is 0.308. The van der Waals surface area contributed by atoms with Crippen molar-refractivity contribution in [1.82, 2.24) is 0 Å². The molecule has 3 heterocycles. The largest absolute Gasteiger partial charge is 0.466 e. The Morgan fingerprint density at radius 3 is 2.75 bits per heavy atom. The molecular weight excluding hydrogens is 374 g/mol. The molecule has 3 aliphatic rings. The highest BCUT2D eigenvalue weighted by Crippen LogP contribution is 2.36.